The molecule has 0 aliphatic rings. The molecule has 22 heavy (non-hydrogen) atoms. The fourth-order valence-corrected chi connectivity index (χ4v) is 3.26. The molecule has 0 aliphatic heterocycles. The minimum atomic E-state index is -0.272. The van der Waals surface area contributed by atoms with Gasteiger partial charge >= 0.3 is 0 Å². The molecule has 106 valence electrons. The highest BCUT2D eigenvalue weighted by Gasteiger charge is 2.20. The van der Waals surface area contributed by atoms with Crippen molar-refractivity contribution in [3.8, 4) is 0 Å². The molecule has 0 amide bonds. The normalized spacial score (nSPS) is 11.3. The number of nitro groups is 1. The Balaban J connectivity index is 2.33. The van der Waals surface area contributed by atoms with Crippen LogP contribution in [0.4, 0.5) is 5.69 Å². The van der Waals surface area contributed by atoms with Crippen molar-refractivity contribution in [3.63, 3.8) is 0 Å². The number of benzene rings is 4. The third kappa shape index (κ3) is 1.69. The van der Waals surface area contributed by atoms with Gasteiger partial charge in [-0.15, -0.1) is 0 Å². The molecule has 0 bridgehead atoms. The molecular weight excluding hydrogens is 274 g/mol. The van der Waals surface area contributed by atoms with E-state index in [4.69, 9.17) is 0 Å². The van der Waals surface area contributed by atoms with E-state index in [9.17, 15) is 10.1 Å². The maximum absolute atomic E-state index is 11.5. The topological polar surface area (TPSA) is 43.1 Å². The first-order valence-corrected chi connectivity index (χ1v) is 7.15. The minimum Gasteiger partial charge on any atom is -0.258 e. The molecule has 0 saturated carbocycles. The van der Waals surface area contributed by atoms with Gasteiger partial charge in [-0.3, -0.25) is 10.1 Å². The van der Waals surface area contributed by atoms with Gasteiger partial charge in [0, 0.05) is 5.56 Å². The van der Waals surface area contributed by atoms with Crippen molar-refractivity contribution in [3.05, 3.63) is 76.3 Å². The van der Waals surface area contributed by atoms with Crippen LogP contribution in [0.2, 0.25) is 0 Å². The van der Waals surface area contributed by atoms with E-state index >= 15 is 0 Å². The Kier molecular flexibility index (Phi) is 2.63. The first-order valence-electron chi connectivity index (χ1n) is 7.15. The van der Waals surface area contributed by atoms with Gasteiger partial charge in [0.2, 0.25) is 0 Å². The Bertz CT molecular complexity index is 1070. The molecule has 0 fully saturated rings. The standard InChI is InChI=1S/C19H13NO2/c1-12-17-10-13-6-2-3-7-14(13)11-18(17)15-8-4-5-9-16(15)19(12)20(21)22/h2-11H,1H3. The van der Waals surface area contributed by atoms with E-state index in [0.717, 1.165) is 32.5 Å². The number of aryl methyl sites for hydroxylation is 1. The predicted molar refractivity (Wildman–Crippen MR) is 90.4 cm³/mol. The molecule has 3 nitrogen and oxygen atoms in total. The lowest BCUT2D eigenvalue weighted by Gasteiger charge is -2.10. The van der Waals surface area contributed by atoms with Gasteiger partial charge in [-0.2, -0.15) is 0 Å². The highest BCUT2D eigenvalue weighted by molar-refractivity contribution is 6.16. The van der Waals surface area contributed by atoms with E-state index in [2.05, 4.69) is 18.2 Å². The first kappa shape index (κ1) is 12.8. The van der Waals surface area contributed by atoms with E-state index in [-0.39, 0.29) is 10.6 Å². The fourth-order valence-electron chi connectivity index (χ4n) is 3.26. The Labute approximate surface area is 126 Å². The third-order valence-electron chi connectivity index (χ3n) is 4.30. The summed E-state index contributed by atoms with van der Waals surface area (Å²) in [6, 6.07) is 19.8. The van der Waals surface area contributed by atoms with Gasteiger partial charge in [0.15, 0.2) is 0 Å². The molecule has 4 aromatic rings. The number of nitro benzene ring substituents is 1. The lowest BCUT2D eigenvalue weighted by atomic mass is 9.93. The Morgan fingerprint density at radius 3 is 1.95 bits per heavy atom. The maximum atomic E-state index is 11.5. The number of hydrogen-bond donors (Lipinski definition) is 0. The van der Waals surface area contributed by atoms with Crippen molar-refractivity contribution in [2.75, 3.05) is 0 Å². The second-order valence-electron chi connectivity index (χ2n) is 5.52. The van der Waals surface area contributed by atoms with Crippen LogP contribution in [0.5, 0.6) is 0 Å². The van der Waals surface area contributed by atoms with Crippen LogP contribution < -0.4 is 0 Å². The minimum absolute atomic E-state index is 0.207. The molecule has 0 atom stereocenters. The van der Waals surface area contributed by atoms with Crippen molar-refractivity contribution in [1.82, 2.24) is 0 Å². The molecule has 4 rings (SSSR count). The number of nitrogens with zero attached hydrogens (tertiary/aromatic N) is 1. The van der Waals surface area contributed by atoms with Crippen molar-refractivity contribution >= 4 is 38.0 Å². The molecular formula is C19H13NO2. The summed E-state index contributed by atoms with van der Waals surface area (Å²) in [7, 11) is 0. The van der Waals surface area contributed by atoms with Gasteiger partial charge in [-0.05, 0) is 52.1 Å². The van der Waals surface area contributed by atoms with Crippen molar-refractivity contribution < 1.29 is 4.92 Å². The van der Waals surface area contributed by atoms with Crippen LogP contribution in [0.25, 0.3) is 32.3 Å². The maximum Gasteiger partial charge on any atom is 0.280 e. The van der Waals surface area contributed by atoms with Crippen LogP contribution in [0, 0.1) is 17.0 Å². The molecule has 0 radical (unpaired) electrons. The molecule has 0 aliphatic carbocycles. The summed E-state index contributed by atoms with van der Waals surface area (Å²) in [5.41, 5.74) is 0.933. The Morgan fingerprint density at radius 1 is 0.773 bits per heavy atom. The third-order valence-corrected chi connectivity index (χ3v) is 4.30. The smallest absolute Gasteiger partial charge is 0.258 e. The average Bonchev–Trinajstić information content (AvgIpc) is 2.53. The fraction of sp³-hybridized carbons (Fsp3) is 0.0526. The van der Waals surface area contributed by atoms with Crippen LogP contribution in [-0.2, 0) is 0 Å². The zero-order valence-corrected chi connectivity index (χ0v) is 12.0. The zero-order chi connectivity index (χ0) is 15.3. The molecule has 0 saturated heterocycles. The highest BCUT2D eigenvalue weighted by Crippen LogP contribution is 2.38. The van der Waals surface area contributed by atoms with Crippen molar-refractivity contribution in [2.45, 2.75) is 6.92 Å². The van der Waals surface area contributed by atoms with E-state index < -0.39 is 0 Å². The van der Waals surface area contributed by atoms with Crippen LogP contribution in [-0.4, -0.2) is 4.92 Å². The summed E-state index contributed by atoms with van der Waals surface area (Å²) in [4.78, 5) is 11.3. The van der Waals surface area contributed by atoms with Crippen LogP contribution in [0.15, 0.2) is 60.7 Å². The summed E-state index contributed by atoms with van der Waals surface area (Å²) in [5.74, 6) is 0. The Morgan fingerprint density at radius 2 is 1.32 bits per heavy atom. The van der Waals surface area contributed by atoms with Gasteiger partial charge < -0.3 is 0 Å². The monoisotopic (exact) mass is 287 g/mol. The quantitative estimate of drug-likeness (QED) is 0.204. The number of hydrogen-bond acceptors (Lipinski definition) is 2. The lowest BCUT2D eigenvalue weighted by molar-refractivity contribution is -0.383. The second-order valence-corrected chi connectivity index (χ2v) is 5.52. The summed E-state index contributed by atoms with van der Waals surface area (Å²) in [6.45, 7) is 1.84. The van der Waals surface area contributed by atoms with Gasteiger partial charge in [-0.25, -0.2) is 0 Å². The first-order chi connectivity index (χ1) is 10.7. The lowest BCUT2D eigenvalue weighted by Crippen LogP contribution is -1.95. The molecule has 0 heterocycles. The number of fused-ring (bicyclic) bond motifs is 4. The van der Waals surface area contributed by atoms with E-state index in [0.29, 0.717) is 5.39 Å². The molecule has 3 heteroatoms. The average molecular weight is 287 g/mol. The van der Waals surface area contributed by atoms with Crippen LogP contribution >= 0.6 is 0 Å². The van der Waals surface area contributed by atoms with E-state index in [1.54, 1.807) is 0 Å². The summed E-state index contributed by atoms with van der Waals surface area (Å²) < 4.78 is 0. The predicted octanol–water partition coefficient (Wildman–Crippen LogP) is 5.36. The van der Waals surface area contributed by atoms with Gasteiger partial charge in [0.1, 0.15) is 0 Å². The van der Waals surface area contributed by atoms with E-state index in [1.165, 1.54) is 0 Å². The van der Waals surface area contributed by atoms with Crippen LogP contribution in [0.3, 0.4) is 0 Å². The van der Waals surface area contributed by atoms with Crippen LogP contribution in [0.1, 0.15) is 5.56 Å². The SMILES string of the molecule is Cc1c([N+](=O)[O-])c2ccccc2c2cc3ccccc3cc12. The van der Waals surface area contributed by atoms with Gasteiger partial charge in [-0.1, -0.05) is 42.5 Å². The van der Waals surface area contributed by atoms with Gasteiger partial charge in [0.05, 0.1) is 10.3 Å². The summed E-state index contributed by atoms with van der Waals surface area (Å²) in [5, 5.41) is 17.4. The second kappa shape index (κ2) is 4.53. The molecule has 0 N–H and O–H groups in total. The molecule has 0 spiro atoms. The van der Waals surface area contributed by atoms with E-state index in [1.807, 2.05) is 49.4 Å². The Hall–Kier alpha value is -2.94. The largest absolute Gasteiger partial charge is 0.280 e. The highest BCUT2D eigenvalue weighted by atomic mass is 16.6. The molecule has 0 unspecified atom stereocenters. The summed E-state index contributed by atoms with van der Waals surface area (Å²) in [6.07, 6.45) is 0. The van der Waals surface area contributed by atoms with Gasteiger partial charge in [0.25, 0.3) is 5.69 Å². The number of rotatable bonds is 1. The van der Waals surface area contributed by atoms with Crippen molar-refractivity contribution in [2.24, 2.45) is 0 Å². The van der Waals surface area contributed by atoms with Crippen molar-refractivity contribution in [1.29, 1.82) is 0 Å². The summed E-state index contributed by atoms with van der Waals surface area (Å²) >= 11 is 0. The zero-order valence-electron chi connectivity index (χ0n) is 12.0. The molecule has 0 aromatic heterocycles. The molecule has 4 aromatic carbocycles.